The van der Waals surface area contributed by atoms with Crippen LogP contribution in [0.5, 0.6) is 0 Å². The molecule has 1 atom stereocenters. The lowest BCUT2D eigenvalue weighted by molar-refractivity contribution is -0.308. The predicted octanol–water partition coefficient (Wildman–Crippen LogP) is 1.58. The smallest absolute Gasteiger partial charge is 0.268 e. The topological polar surface area (TPSA) is 98.3 Å². The van der Waals surface area contributed by atoms with Gasteiger partial charge in [-0.15, -0.1) is 0 Å². The molecule has 0 spiro atoms. The largest absolute Gasteiger partial charge is 0.548 e. The van der Waals surface area contributed by atoms with Gasteiger partial charge in [0.2, 0.25) is 0 Å². The lowest BCUT2D eigenvalue weighted by Crippen LogP contribution is -2.50. The van der Waals surface area contributed by atoms with Gasteiger partial charge in [-0.3, -0.25) is 9.59 Å². The van der Waals surface area contributed by atoms with E-state index in [1.54, 1.807) is 30.3 Å². The van der Waals surface area contributed by atoms with Crippen LogP contribution in [0.2, 0.25) is 0 Å². The zero-order chi connectivity index (χ0) is 21.2. The van der Waals surface area contributed by atoms with Crippen molar-refractivity contribution in [1.29, 1.82) is 0 Å². The van der Waals surface area contributed by atoms with Crippen LogP contribution in [0.3, 0.4) is 0 Å². The van der Waals surface area contributed by atoms with Crippen LogP contribution in [0.15, 0.2) is 60.3 Å². The molecule has 6 nitrogen and oxygen atoms in total. The summed E-state index contributed by atoms with van der Waals surface area (Å²) in [7, 11) is 0. The Morgan fingerprint density at radius 1 is 1.10 bits per heavy atom. The van der Waals surface area contributed by atoms with E-state index in [4.69, 9.17) is 0 Å². The summed E-state index contributed by atoms with van der Waals surface area (Å²) in [6.07, 6.45) is 3.33. The van der Waals surface area contributed by atoms with E-state index >= 15 is 0 Å². The Balaban J connectivity index is 2.27. The van der Waals surface area contributed by atoms with Crippen molar-refractivity contribution in [3.05, 3.63) is 77.2 Å². The molecule has 0 heterocycles. The molecule has 2 N–H and O–H groups in total. The first-order valence-electron chi connectivity index (χ1n) is 8.75. The maximum absolute atomic E-state index is 13.1. The molecule has 0 radical (unpaired) electrons. The number of thioether (sulfide) groups is 1. The number of carbonyl (C=O) groups is 3. The maximum Gasteiger partial charge on any atom is 0.268 e. The van der Waals surface area contributed by atoms with E-state index in [0.717, 1.165) is 0 Å². The highest BCUT2D eigenvalue weighted by molar-refractivity contribution is 7.98. The molecule has 0 aromatic heterocycles. The maximum atomic E-state index is 13.1. The van der Waals surface area contributed by atoms with Gasteiger partial charge in [0.1, 0.15) is 11.5 Å². The Bertz CT molecular complexity index is 885. The average Bonchev–Trinajstić information content (AvgIpc) is 2.72. The summed E-state index contributed by atoms with van der Waals surface area (Å²) in [5.41, 5.74) is 0.615. The number of hydrogen-bond donors (Lipinski definition) is 2. The van der Waals surface area contributed by atoms with Crippen molar-refractivity contribution >= 4 is 35.6 Å². The minimum absolute atomic E-state index is 0.166. The zero-order valence-electron chi connectivity index (χ0n) is 15.7. The van der Waals surface area contributed by atoms with Crippen LogP contribution >= 0.6 is 11.8 Å². The fourth-order valence-corrected chi connectivity index (χ4v) is 2.86. The summed E-state index contributed by atoms with van der Waals surface area (Å²) >= 11 is 1.43. The first kappa shape index (κ1) is 22.2. The standard InChI is InChI=1S/C21H21FN2O4S/c1-29-12-11-17(21(27)28)23-20(26)18(13-14-7-9-16(22)10-8-14)24-19(25)15-5-3-2-4-6-15/h2-10,13,17H,11-12H2,1H3,(H,23,26)(H,24,25)(H,27,28)/p-1/b18-13+/t17-/m0/s1. The molecule has 2 aromatic carbocycles. The van der Waals surface area contributed by atoms with Crippen molar-refractivity contribution in [2.24, 2.45) is 0 Å². The SMILES string of the molecule is CSCC[C@H](NC(=O)/C(=C\c1ccc(F)cc1)NC(=O)c1ccccc1)C(=O)[O-]. The minimum atomic E-state index is -1.41. The van der Waals surface area contributed by atoms with Crippen molar-refractivity contribution in [3.8, 4) is 0 Å². The number of carboxylic acids is 1. The minimum Gasteiger partial charge on any atom is -0.548 e. The van der Waals surface area contributed by atoms with Crippen molar-refractivity contribution in [2.45, 2.75) is 12.5 Å². The zero-order valence-corrected chi connectivity index (χ0v) is 16.5. The Morgan fingerprint density at radius 2 is 1.76 bits per heavy atom. The van der Waals surface area contributed by atoms with E-state index in [9.17, 15) is 23.9 Å². The number of rotatable bonds is 9. The molecule has 29 heavy (non-hydrogen) atoms. The van der Waals surface area contributed by atoms with Gasteiger partial charge in [-0.2, -0.15) is 11.8 Å². The molecule has 0 saturated heterocycles. The van der Waals surface area contributed by atoms with Crippen LogP contribution in [-0.2, 0) is 9.59 Å². The number of benzene rings is 2. The number of aliphatic carboxylic acids is 1. The lowest BCUT2D eigenvalue weighted by atomic mass is 10.1. The molecular weight excluding hydrogens is 395 g/mol. The van der Waals surface area contributed by atoms with Crippen LogP contribution in [0.1, 0.15) is 22.3 Å². The summed E-state index contributed by atoms with van der Waals surface area (Å²) in [5, 5.41) is 16.2. The number of nitrogens with one attached hydrogen (secondary N) is 2. The molecule has 0 aliphatic carbocycles. The van der Waals surface area contributed by atoms with E-state index in [-0.39, 0.29) is 12.1 Å². The van der Waals surface area contributed by atoms with E-state index in [2.05, 4.69) is 10.6 Å². The van der Waals surface area contributed by atoms with Gasteiger partial charge in [-0.1, -0.05) is 30.3 Å². The van der Waals surface area contributed by atoms with Crippen LogP contribution in [-0.4, -0.2) is 35.8 Å². The molecule has 0 aliphatic heterocycles. The average molecular weight is 415 g/mol. The molecular formula is C21H20FN2O4S-. The first-order valence-corrected chi connectivity index (χ1v) is 10.1. The van der Waals surface area contributed by atoms with Crippen LogP contribution < -0.4 is 15.7 Å². The second kappa shape index (κ2) is 11.0. The quantitative estimate of drug-likeness (QED) is 0.606. The van der Waals surface area contributed by atoms with Crippen molar-refractivity contribution in [3.63, 3.8) is 0 Å². The molecule has 2 rings (SSSR count). The van der Waals surface area contributed by atoms with E-state index < -0.39 is 29.6 Å². The molecule has 2 amide bonds. The van der Waals surface area contributed by atoms with Crippen LogP contribution in [0, 0.1) is 5.82 Å². The highest BCUT2D eigenvalue weighted by atomic mass is 32.2. The van der Waals surface area contributed by atoms with Crippen molar-refractivity contribution in [2.75, 3.05) is 12.0 Å². The predicted molar refractivity (Wildman–Crippen MR) is 108 cm³/mol. The molecule has 0 fully saturated rings. The van der Waals surface area contributed by atoms with Gasteiger partial charge in [-0.05, 0) is 54.3 Å². The second-order valence-electron chi connectivity index (χ2n) is 6.06. The third-order valence-electron chi connectivity index (χ3n) is 3.91. The second-order valence-corrected chi connectivity index (χ2v) is 7.04. The number of hydrogen-bond acceptors (Lipinski definition) is 5. The summed E-state index contributed by atoms with van der Waals surface area (Å²) in [6, 6.07) is 12.3. The molecule has 0 bridgehead atoms. The molecule has 0 aliphatic rings. The Labute approximate surface area is 172 Å². The number of amides is 2. The van der Waals surface area contributed by atoms with Crippen LogP contribution in [0.4, 0.5) is 4.39 Å². The third kappa shape index (κ3) is 7.08. The fraction of sp³-hybridized carbons (Fsp3) is 0.190. The summed E-state index contributed by atoms with van der Waals surface area (Å²) in [5.74, 6) is -2.68. The Hall–Kier alpha value is -3.13. The molecule has 152 valence electrons. The lowest BCUT2D eigenvalue weighted by Gasteiger charge is -2.20. The van der Waals surface area contributed by atoms with E-state index in [0.29, 0.717) is 16.9 Å². The van der Waals surface area contributed by atoms with Gasteiger partial charge >= 0.3 is 0 Å². The molecule has 0 saturated carbocycles. The van der Waals surface area contributed by atoms with Gasteiger partial charge in [0.25, 0.3) is 11.8 Å². The summed E-state index contributed by atoms with van der Waals surface area (Å²) < 4.78 is 13.1. The van der Waals surface area contributed by atoms with E-state index in [1.165, 1.54) is 42.1 Å². The fourth-order valence-electron chi connectivity index (χ4n) is 2.39. The highest BCUT2D eigenvalue weighted by Gasteiger charge is 2.19. The van der Waals surface area contributed by atoms with Gasteiger partial charge in [0.05, 0.1) is 12.0 Å². The monoisotopic (exact) mass is 415 g/mol. The first-order chi connectivity index (χ1) is 13.9. The molecule has 8 heteroatoms. The Morgan fingerprint density at radius 3 is 2.34 bits per heavy atom. The number of carboxylic acid groups (broad SMARTS) is 1. The number of halogens is 1. The summed E-state index contributed by atoms with van der Waals surface area (Å²) in [6.45, 7) is 0. The van der Waals surface area contributed by atoms with E-state index in [1.807, 2.05) is 6.26 Å². The van der Waals surface area contributed by atoms with Crippen molar-refractivity contribution in [1.82, 2.24) is 10.6 Å². The van der Waals surface area contributed by atoms with Gasteiger partial charge in [0.15, 0.2) is 0 Å². The van der Waals surface area contributed by atoms with Gasteiger partial charge in [-0.25, -0.2) is 4.39 Å². The van der Waals surface area contributed by atoms with Gasteiger partial charge in [0, 0.05) is 5.56 Å². The molecule has 2 aromatic rings. The Kier molecular flexibility index (Phi) is 8.42. The number of carbonyl (C=O) groups excluding carboxylic acids is 3. The molecule has 0 unspecified atom stereocenters. The normalized spacial score (nSPS) is 12.1. The van der Waals surface area contributed by atoms with Gasteiger partial charge < -0.3 is 20.5 Å². The van der Waals surface area contributed by atoms with Crippen LogP contribution in [0.25, 0.3) is 6.08 Å². The third-order valence-corrected chi connectivity index (χ3v) is 4.55. The highest BCUT2D eigenvalue weighted by Crippen LogP contribution is 2.10. The summed E-state index contributed by atoms with van der Waals surface area (Å²) in [4.78, 5) is 36.5. The van der Waals surface area contributed by atoms with Crippen molar-refractivity contribution < 1.29 is 23.9 Å².